The first-order valence-electron chi connectivity index (χ1n) is 10.9. The number of carbonyl (C=O) groups is 2. The van der Waals surface area contributed by atoms with Crippen LogP contribution in [0.25, 0.3) is 0 Å². The summed E-state index contributed by atoms with van der Waals surface area (Å²) in [5.41, 5.74) is 0.0746. The summed E-state index contributed by atoms with van der Waals surface area (Å²) in [6, 6.07) is 0. The summed E-state index contributed by atoms with van der Waals surface area (Å²) >= 11 is 0. The lowest BCUT2D eigenvalue weighted by Gasteiger charge is -2.61. The molecule has 4 aliphatic rings. The lowest BCUT2D eigenvalue weighted by Crippen LogP contribution is -2.57. The van der Waals surface area contributed by atoms with E-state index in [1.165, 1.54) is 51.9 Å². The van der Waals surface area contributed by atoms with Gasteiger partial charge in [-0.25, -0.2) is 0 Å². The number of ketones is 1. The van der Waals surface area contributed by atoms with E-state index in [9.17, 15) is 9.59 Å². The second-order valence-electron chi connectivity index (χ2n) is 10.6. The Labute approximate surface area is 158 Å². The first kappa shape index (κ1) is 18.5. The molecule has 4 rings (SSSR count). The van der Waals surface area contributed by atoms with Gasteiger partial charge in [-0.2, -0.15) is 0 Å². The monoisotopic (exact) mass is 360 g/mol. The zero-order valence-corrected chi connectivity index (χ0v) is 17.1. The van der Waals surface area contributed by atoms with Crippen LogP contribution >= 0.6 is 0 Å². The molecule has 0 bridgehead atoms. The van der Waals surface area contributed by atoms with Gasteiger partial charge in [-0.3, -0.25) is 9.59 Å². The zero-order valence-electron chi connectivity index (χ0n) is 17.1. The van der Waals surface area contributed by atoms with Crippen molar-refractivity contribution in [1.29, 1.82) is 0 Å². The Balaban J connectivity index is 1.59. The summed E-state index contributed by atoms with van der Waals surface area (Å²) in [5.74, 6) is 2.87. The molecule has 0 unspecified atom stereocenters. The van der Waals surface area contributed by atoms with Crippen LogP contribution in [0.2, 0.25) is 0 Å². The SMILES string of the molecule is CC(=O)O[C@]1(C(C)=O)CC[C@@]2(C)[C@@H](CC[C@H]3[C@H]2CC[C@]2(C)CCC[C@@H]32)C1. The molecule has 0 aromatic rings. The van der Waals surface area contributed by atoms with Gasteiger partial charge < -0.3 is 4.74 Å². The molecule has 4 fully saturated rings. The number of esters is 1. The number of ether oxygens (including phenoxy) is 1. The van der Waals surface area contributed by atoms with Crippen LogP contribution in [0.4, 0.5) is 0 Å². The molecular weight excluding hydrogens is 324 g/mol. The Hall–Kier alpha value is -0.860. The molecule has 3 nitrogen and oxygen atoms in total. The third-order valence-electron chi connectivity index (χ3n) is 9.47. The molecular formula is C23H36O3. The third kappa shape index (κ3) is 2.59. The molecule has 4 aliphatic carbocycles. The minimum absolute atomic E-state index is 0.0453. The van der Waals surface area contributed by atoms with Crippen LogP contribution < -0.4 is 0 Å². The Bertz CT molecular complexity index is 613. The summed E-state index contributed by atoms with van der Waals surface area (Å²) in [7, 11) is 0. The molecule has 7 atom stereocenters. The fourth-order valence-corrected chi connectivity index (χ4v) is 7.98. The molecule has 0 N–H and O–H groups in total. The number of hydrogen-bond donors (Lipinski definition) is 0. The van der Waals surface area contributed by atoms with Gasteiger partial charge in [0.15, 0.2) is 11.4 Å². The van der Waals surface area contributed by atoms with Crippen LogP contribution in [0.5, 0.6) is 0 Å². The highest BCUT2D eigenvalue weighted by Gasteiger charge is 2.60. The summed E-state index contributed by atoms with van der Waals surface area (Å²) in [4.78, 5) is 24.1. The van der Waals surface area contributed by atoms with Gasteiger partial charge in [0.2, 0.25) is 0 Å². The van der Waals surface area contributed by atoms with E-state index in [2.05, 4.69) is 13.8 Å². The molecule has 4 saturated carbocycles. The predicted octanol–water partition coefficient (Wildman–Crippen LogP) is 5.31. The maximum atomic E-state index is 12.4. The first-order chi connectivity index (χ1) is 12.2. The highest BCUT2D eigenvalue weighted by atomic mass is 16.6. The Morgan fingerprint density at radius 3 is 2.35 bits per heavy atom. The van der Waals surface area contributed by atoms with Crippen LogP contribution in [-0.4, -0.2) is 17.4 Å². The van der Waals surface area contributed by atoms with E-state index in [0.717, 1.165) is 37.0 Å². The predicted molar refractivity (Wildman–Crippen MR) is 102 cm³/mol. The van der Waals surface area contributed by atoms with Gasteiger partial charge in [-0.15, -0.1) is 0 Å². The molecule has 26 heavy (non-hydrogen) atoms. The molecule has 0 amide bonds. The highest BCUT2D eigenvalue weighted by Crippen LogP contribution is 2.67. The van der Waals surface area contributed by atoms with Gasteiger partial charge in [-0.1, -0.05) is 20.3 Å². The van der Waals surface area contributed by atoms with E-state index in [0.29, 0.717) is 16.7 Å². The van der Waals surface area contributed by atoms with Crippen LogP contribution in [0.1, 0.15) is 91.9 Å². The Morgan fingerprint density at radius 2 is 1.65 bits per heavy atom. The molecule has 0 heterocycles. The van der Waals surface area contributed by atoms with Crippen molar-refractivity contribution in [2.75, 3.05) is 0 Å². The molecule has 0 radical (unpaired) electrons. The second kappa shape index (κ2) is 6.07. The van der Waals surface area contributed by atoms with Gasteiger partial charge in [0, 0.05) is 6.92 Å². The Kier molecular flexibility index (Phi) is 4.32. The van der Waals surface area contributed by atoms with Crippen LogP contribution in [0, 0.1) is 34.5 Å². The lowest BCUT2D eigenvalue weighted by molar-refractivity contribution is -0.186. The molecule has 0 saturated heterocycles. The van der Waals surface area contributed by atoms with E-state index in [-0.39, 0.29) is 11.8 Å². The van der Waals surface area contributed by atoms with E-state index >= 15 is 0 Å². The molecule has 0 aromatic carbocycles. The van der Waals surface area contributed by atoms with E-state index in [1.54, 1.807) is 6.92 Å². The zero-order chi connectivity index (χ0) is 18.7. The fourth-order valence-electron chi connectivity index (χ4n) is 7.98. The molecule has 0 spiro atoms. The minimum atomic E-state index is -0.848. The summed E-state index contributed by atoms with van der Waals surface area (Å²) in [6.07, 6.45) is 12.1. The normalized spacial score (nSPS) is 50.3. The summed E-state index contributed by atoms with van der Waals surface area (Å²) in [5, 5.41) is 0. The lowest BCUT2D eigenvalue weighted by atomic mass is 9.44. The van der Waals surface area contributed by atoms with Gasteiger partial charge in [0.25, 0.3) is 0 Å². The van der Waals surface area contributed by atoms with Crippen LogP contribution in [0.15, 0.2) is 0 Å². The van der Waals surface area contributed by atoms with Crippen molar-refractivity contribution in [3.8, 4) is 0 Å². The fraction of sp³-hybridized carbons (Fsp3) is 0.913. The van der Waals surface area contributed by atoms with E-state index < -0.39 is 5.60 Å². The van der Waals surface area contributed by atoms with Crippen molar-refractivity contribution in [3.63, 3.8) is 0 Å². The van der Waals surface area contributed by atoms with E-state index in [1.807, 2.05) is 0 Å². The maximum absolute atomic E-state index is 12.4. The Morgan fingerprint density at radius 1 is 0.885 bits per heavy atom. The first-order valence-corrected chi connectivity index (χ1v) is 10.9. The van der Waals surface area contributed by atoms with Crippen molar-refractivity contribution in [2.24, 2.45) is 34.5 Å². The molecule has 146 valence electrons. The van der Waals surface area contributed by atoms with Crippen molar-refractivity contribution in [1.82, 2.24) is 0 Å². The minimum Gasteiger partial charge on any atom is -0.451 e. The molecule has 3 heteroatoms. The summed E-state index contributed by atoms with van der Waals surface area (Å²) in [6.45, 7) is 8.11. The largest absolute Gasteiger partial charge is 0.451 e. The van der Waals surface area contributed by atoms with Crippen molar-refractivity contribution >= 4 is 11.8 Å². The number of carbonyl (C=O) groups excluding carboxylic acids is 2. The number of rotatable bonds is 2. The van der Waals surface area contributed by atoms with Crippen molar-refractivity contribution in [3.05, 3.63) is 0 Å². The number of hydrogen-bond acceptors (Lipinski definition) is 3. The average Bonchev–Trinajstić information content (AvgIpc) is 2.96. The van der Waals surface area contributed by atoms with E-state index in [4.69, 9.17) is 4.74 Å². The molecule has 0 aromatic heterocycles. The quantitative estimate of drug-likeness (QED) is 0.627. The smallest absolute Gasteiger partial charge is 0.303 e. The second-order valence-corrected chi connectivity index (χ2v) is 10.6. The number of fused-ring (bicyclic) bond motifs is 5. The summed E-state index contributed by atoms with van der Waals surface area (Å²) < 4.78 is 5.67. The topological polar surface area (TPSA) is 43.4 Å². The third-order valence-corrected chi connectivity index (χ3v) is 9.47. The van der Waals surface area contributed by atoms with Gasteiger partial charge in [-0.05, 0) is 99.2 Å². The number of Topliss-reactive ketones (excluding diaryl/α,β-unsaturated/α-hetero) is 1. The van der Waals surface area contributed by atoms with Crippen molar-refractivity contribution < 1.29 is 14.3 Å². The van der Waals surface area contributed by atoms with Gasteiger partial charge in [0.05, 0.1) is 0 Å². The van der Waals surface area contributed by atoms with Crippen LogP contribution in [0.3, 0.4) is 0 Å². The molecule has 0 aliphatic heterocycles. The van der Waals surface area contributed by atoms with Gasteiger partial charge in [0.1, 0.15) is 0 Å². The van der Waals surface area contributed by atoms with Crippen molar-refractivity contribution in [2.45, 2.75) is 97.5 Å². The van der Waals surface area contributed by atoms with Gasteiger partial charge >= 0.3 is 5.97 Å². The standard InChI is InChI=1S/C23H36O3/c1-15(24)23(26-16(2)25)13-12-22(4)17(14-23)7-8-18-19-6-5-10-21(19,3)11-9-20(18)22/h17-20H,5-14H2,1-4H3/t17-,18+,19-,20+,21-,22-,23+/m0/s1. The average molecular weight is 361 g/mol. The van der Waals surface area contributed by atoms with Crippen LogP contribution in [-0.2, 0) is 14.3 Å². The highest BCUT2D eigenvalue weighted by molar-refractivity contribution is 5.87. The maximum Gasteiger partial charge on any atom is 0.303 e.